The highest BCUT2D eigenvalue weighted by Gasteiger charge is 2.03. The van der Waals surface area contributed by atoms with Crippen LogP contribution in [0.2, 0.25) is 0 Å². The van der Waals surface area contributed by atoms with Crippen molar-refractivity contribution < 1.29 is 5.11 Å². The van der Waals surface area contributed by atoms with Crippen LogP contribution in [0.5, 0.6) is 0 Å². The maximum atomic E-state index is 8.45. The second-order valence-electron chi connectivity index (χ2n) is 2.25. The number of aliphatic hydroxyl groups excluding tert-OH is 1. The predicted octanol–water partition coefficient (Wildman–Crippen LogP) is 1.48. The van der Waals surface area contributed by atoms with Crippen molar-refractivity contribution >= 4 is 0 Å². The van der Waals surface area contributed by atoms with E-state index in [1.807, 2.05) is 6.08 Å². The predicted molar refractivity (Wildman–Crippen MR) is 33.6 cm³/mol. The topological polar surface area (TPSA) is 20.2 Å². The summed E-state index contributed by atoms with van der Waals surface area (Å²) < 4.78 is 0. The summed E-state index contributed by atoms with van der Waals surface area (Å²) in [7, 11) is 0. The van der Waals surface area contributed by atoms with Gasteiger partial charge in [-0.25, -0.2) is 0 Å². The number of aliphatic hydroxyl groups is 1. The van der Waals surface area contributed by atoms with Crippen LogP contribution in [-0.2, 0) is 0 Å². The molecule has 46 valence electrons. The molecule has 1 aliphatic rings. The summed E-state index contributed by atoms with van der Waals surface area (Å²) in [6.45, 7) is 0.231. The lowest BCUT2D eigenvalue weighted by Crippen LogP contribution is -1.76. The summed E-state index contributed by atoms with van der Waals surface area (Å²) in [6.07, 6.45) is 7.03. The molecule has 0 amide bonds. The normalized spacial score (nSPS) is 19.4. The number of allylic oxidation sites excluding steroid dienone is 1. The standard InChI is InChI=1S/C7H12O/c8-6-5-7-3-1-2-4-7/h5,8H,1-4,6H2. The van der Waals surface area contributed by atoms with Gasteiger partial charge in [0, 0.05) is 0 Å². The van der Waals surface area contributed by atoms with Crippen LogP contribution in [0.3, 0.4) is 0 Å². The Balaban J connectivity index is 2.33. The van der Waals surface area contributed by atoms with Crippen LogP contribution in [0.15, 0.2) is 11.6 Å². The van der Waals surface area contributed by atoms with Crippen LogP contribution < -0.4 is 0 Å². The first-order valence-corrected chi connectivity index (χ1v) is 3.22. The van der Waals surface area contributed by atoms with E-state index < -0.39 is 0 Å². The molecule has 1 saturated carbocycles. The monoisotopic (exact) mass is 112 g/mol. The molecule has 0 aromatic carbocycles. The van der Waals surface area contributed by atoms with Crippen molar-refractivity contribution in [1.29, 1.82) is 0 Å². The highest BCUT2D eigenvalue weighted by molar-refractivity contribution is 5.05. The van der Waals surface area contributed by atoms with Crippen molar-refractivity contribution in [3.05, 3.63) is 11.6 Å². The van der Waals surface area contributed by atoms with Gasteiger partial charge in [-0.3, -0.25) is 0 Å². The molecule has 0 aliphatic heterocycles. The fourth-order valence-corrected chi connectivity index (χ4v) is 1.16. The molecule has 1 nitrogen and oxygen atoms in total. The molecule has 0 heterocycles. The van der Waals surface area contributed by atoms with Gasteiger partial charge in [-0.15, -0.1) is 0 Å². The van der Waals surface area contributed by atoms with E-state index in [0.29, 0.717) is 0 Å². The van der Waals surface area contributed by atoms with E-state index in [1.165, 1.54) is 31.3 Å². The third-order valence-corrected chi connectivity index (χ3v) is 1.63. The van der Waals surface area contributed by atoms with Gasteiger partial charge in [0.15, 0.2) is 0 Å². The molecular formula is C7H12O. The molecule has 0 atom stereocenters. The fourth-order valence-electron chi connectivity index (χ4n) is 1.16. The molecule has 1 aliphatic carbocycles. The van der Waals surface area contributed by atoms with Crippen molar-refractivity contribution in [1.82, 2.24) is 0 Å². The van der Waals surface area contributed by atoms with E-state index in [2.05, 4.69) is 0 Å². The first-order chi connectivity index (χ1) is 3.93. The molecule has 1 fully saturated rings. The molecule has 0 unspecified atom stereocenters. The summed E-state index contributed by atoms with van der Waals surface area (Å²) in [5, 5.41) is 8.45. The van der Waals surface area contributed by atoms with Crippen LogP contribution in [-0.4, -0.2) is 11.7 Å². The van der Waals surface area contributed by atoms with Crippen LogP contribution >= 0.6 is 0 Å². The van der Waals surface area contributed by atoms with Crippen molar-refractivity contribution in [3.8, 4) is 0 Å². The zero-order valence-corrected chi connectivity index (χ0v) is 5.06. The molecular weight excluding hydrogens is 100 g/mol. The van der Waals surface area contributed by atoms with Crippen LogP contribution in [0, 0.1) is 0 Å². The zero-order valence-electron chi connectivity index (χ0n) is 5.06. The highest BCUT2D eigenvalue weighted by Crippen LogP contribution is 2.22. The number of hydrogen-bond donors (Lipinski definition) is 1. The molecule has 8 heavy (non-hydrogen) atoms. The molecule has 1 heteroatoms. The van der Waals surface area contributed by atoms with Gasteiger partial charge in [0.25, 0.3) is 0 Å². The maximum Gasteiger partial charge on any atom is 0.0615 e. The Labute approximate surface area is 50.0 Å². The summed E-state index contributed by atoms with van der Waals surface area (Å²) in [5.74, 6) is 0. The minimum atomic E-state index is 0.231. The average molecular weight is 112 g/mol. The first kappa shape index (κ1) is 5.83. The Hall–Kier alpha value is -0.300. The Bertz CT molecular complexity index is 86.6. The molecule has 0 saturated heterocycles. The second-order valence-corrected chi connectivity index (χ2v) is 2.25. The SMILES string of the molecule is OCC=C1CCCC1. The smallest absolute Gasteiger partial charge is 0.0615 e. The van der Waals surface area contributed by atoms with Gasteiger partial charge in [0.05, 0.1) is 6.61 Å². The summed E-state index contributed by atoms with van der Waals surface area (Å²) in [6, 6.07) is 0. The third kappa shape index (κ3) is 1.34. The van der Waals surface area contributed by atoms with Gasteiger partial charge in [0.2, 0.25) is 0 Å². The van der Waals surface area contributed by atoms with Gasteiger partial charge in [-0.05, 0) is 25.7 Å². The van der Waals surface area contributed by atoms with Crippen LogP contribution in [0.1, 0.15) is 25.7 Å². The lowest BCUT2D eigenvalue weighted by atomic mass is 10.2. The second kappa shape index (κ2) is 2.88. The van der Waals surface area contributed by atoms with E-state index in [0.717, 1.165) is 0 Å². The Morgan fingerprint density at radius 3 is 2.50 bits per heavy atom. The average Bonchev–Trinajstić information content (AvgIpc) is 2.19. The molecule has 0 aromatic rings. The van der Waals surface area contributed by atoms with Crippen LogP contribution in [0.4, 0.5) is 0 Å². The Kier molecular flexibility index (Phi) is 2.10. The molecule has 1 N–H and O–H groups in total. The van der Waals surface area contributed by atoms with Crippen molar-refractivity contribution in [2.24, 2.45) is 0 Å². The fraction of sp³-hybridized carbons (Fsp3) is 0.714. The van der Waals surface area contributed by atoms with E-state index in [-0.39, 0.29) is 6.61 Å². The summed E-state index contributed by atoms with van der Waals surface area (Å²) in [5.41, 5.74) is 1.45. The molecule has 0 radical (unpaired) electrons. The minimum Gasteiger partial charge on any atom is -0.392 e. The zero-order chi connectivity index (χ0) is 5.82. The van der Waals surface area contributed by atoms with Gasteiger partial charge < -0.3 is 5.11 Å². The Morgan fingerprint density at radius 1 is 1.38 bits per heavy atom. The number of hydrogen-bond acceptors (Lipinski definition) is 1. The lowest BCUT2D eigenvalue weighted by molar-refractivity contribution is 0.341. The van der Waals surface area contributed by atoms with Crippen LogP contribution in [0.25, 0.3) is 0 Å². The van der Waals surface area contributed by atoms with Gasteiger partial charge in [0.1, 0.15) is 0 Å². The molecule has 0 aromatic heterocycles. The van der Waals surface area contributed by atoms with Crippen molar-refractivity contribution in [2.75, 3.05) is 6.61 Å². The number of rotatable bonds is 1. The van der Waals surface area contributed by atoms with Gasteiger partial charge in [-0.2, -0.15) is 0 Å². The maximum absolute atomic E-state index is 8.45. The summed E-state index contributed by atoms with van der Waals surface area (Å²) in [4.78, 5) is 0. The van der Waals surface area contributed by atoms with Crippen molar-refractivity contribution in [2.45, 2.75) is 25.7 Å². The Morgan fingerprint density at radius 2 is 2.00 bits per heavy atom. The van der Waals surface area contributed by atoms with Gasteiger partial charge >= 0.3 is 0 Å². The highest BCUT2D eigenvalue weighted by atomic mass is 16.2. The van der Waals surface area contributed by atoms with E-state index >= 15 is 0 Å². The van der Waals surface area contributed by atoms with E-state index in [1.54, 1.807) is 0 Å². The van der Waals surface area contributed by atoms with Gasteiger partial charge in [-0.1, -0.05) is 11.6 Å². The quantitative estimate of drug-likeness (QED) is 0.509. The largest absolute Gasteiger partial charge is 0.392 e. The summed E-state index contributed by atoms with van der Waals surface area (Å²) >= 11 is 0. The first-order valence-electron chi connectivity index (χ1n) is 3.22. The van der Waals surface area contributed by atoms with E-state index in [9.17, 15) is 0 Å². The third-order valence-electron chi connectivity index (χ3n) is 1.63. The van der Waals surface area contributed by atoms with E-state index in [4.69, 9.17) is 5.11 Å². The molecule has 0 spiro atoms. The molecule has 0 bridgehead atoms. The lowest BCUT2D eigenvalue weighted by Gasteiger charge is -1.88. The minimum absolute atomic E-state index is 0.231. The molecule has 1 rings (SSSR count). The van der Waals surface area contributed by atoms with Crippen molar-refractivity contribution in [3.63, 3.8) is 0 Å².